The van der Waals surface area contributed by atoms with Gasteiger partial charge in [0, 0.05) is 18.1 Å². The number of methoxy groups -OCH3 is 1. The number of fused-ring (bicyclic) bond motifs is 1. The fourth-order valence-electron chi connectivity index (χ4n) is 1.96. The summed E-state index contributed by atoms with van der Waals surface area (Å²) in [6.45, 7) is 4.11. The first-order valence-corrected chi connectivity index (χ1v) is 5.01. The molecule has 0 aliphatic carbocycles. The van der Waals surface area contributed by atoms with Gasteiger partial charge in [0.2, 0.25) is 0 Å². The zero-order valence-electron chi connectivity index (χ0n) is 9.14. The summed E-state index contributed by atoms with van der Waals surface area (Å²) < 4.78 is 6.95. The first-order valence-electron chi connectivity index (χ1n) is 5.01. The van der Waals surface area contributed by atoms with Crippen molar-refractivity contribution in [3.63, 3.8) is 0 Å². The second-order valence-corrected chi connectivity index (χ2v) is 3.48. The highest BCUT2D eigenvalue weighted by atomic mass is 16.5. The van der Waals surface area contributed by atoms with Crippen LogP contribution in [0, 0.1) is 0 Å². The molecule has 0 N–H and O–H groups in total. The number of rotatable bonds is 4. The van der Waals surface area contributed by atoms with E-state index < -0.39 is 0 Å². The van der Waals surface area contributed by atoms with Gasteiger partial charge in [-0.25, -0.2) is 0 Å². The molecule has 0 aliphatic rings. The molecule has 0 atom stereocenters. The highest BCUT2D eigenvalue weighted by Gasteiger charge is 2.13. The second kappa shape index (κ2) is 4.33. The third kappa shape index (κ3) is 1.46. The number of hydrogen-bond donors (Lipinski definition) is 0. The average molecular weight is 215 g/mol. The van der Waals surface area contributed by atoms with Crippen LogP contribution in [-0.4, -0.2) is 18.0 Å². The molecule has 1 aromatic carbocycles. The van der Waals surface area contributed by atoms with Crippen molar-refractivity contribution < 1.29 is 9.53 Å². The first-order chi connectivity index (χ1) is 7.83. The van der Waals surface area contributed by atoms with Gasteiger partial charge in [0.1, 0.15) is 6.73 Å². The minimum Gasteiger partial charge on any atom is -0.364 e. The molecule has 16 heavy (non-hydrogen) atoms. The Kier molecular flexibility index (Phi) is 2.88. The van der Waals surface area contributed by atoms with Crippen LogP contribution >= 0.6 is 0 Å². The largest absolute Gasteiger partial charge is 0.364 e. The normalized spacial score (nSPS) is 10.6. The van der Waals surface area contributed by atoms with Gasteiger partial charge in [-0.15, -0.1) is 0 Å². The van der Waals surface area contributed by atoms with E-state index in [4.69, 9.17) is 4.74 Å². The molecule has 0 aliphatic heterocycles. The Morgan fingerprint density at radius 1 is 1.44 bits per heavy atom. The molecule has 2 aromatic rings. The van der Waals surface area contributed by atoms with E-state index in [9.17, 15) is 4.79 Å². The number of hydrogen-bond acceptors (Lipinski definition) is 2. The summed E-state index contributed by atoms with van der Waals surface area (Å²) in [6.07, 6.45) is 2.55. The van der Waals surface area contributed by atoms with Crippen molar-refractivity contribution in [1.29, 1.82) is 0 Å². The van der Waals surface area contributed by atoms with E-state index in [2.05, 4.69) is 6.58 Å². The Bertz CT molecular complexity index is 540. The number of aromatic nitrogens is 1. The number of aldehydes is 1. The Balaban J connectivity index is 2.83. The van der Waals surface area contributed by atoms with Gasteiger partial charge in [-0.1, -0.05) is 30.9 Å². The third-order valence-electron chi connectivity index (χ3n) is 2.63. The number of benzene rings is 1. The summed E-state index contributed by atoms with van der Waals surface area (Å²) in [7, 11) is 1.61. The summed E-state index contributed by atoms with van der Waals surface area (Å²) in [6, 6.07) is 7.83. The predicted octanol–water partition coefficient (Wildman–Crippen LogP) is 2.70. The number of ether oxygens (including phenoxy) is 1. The van der Waals surface area contributed by atoms with E-state index >= 15 is 0 Å². The maximum absolute atomic E-state index is 11.1. The smallest absolute Gasteiger partial charge is 0.167 e. The standard InChI is InChI=1S/C13H13NO2/c1-3-10-11-6-4-5-7-12(11)14(9-16-2)13(10)8-15/h3-8H,1,9H2,2H3. The fraction of sp³-hybridized carbons (Fsp3) is 0.154. The lowest BCUT2D eigenvalue weighted by atomic mass is 10.1. The molecule has 0 radical (unpaired) electrons. The van der Waals surface area contributed by atoms with E-state index in [0.717, 1.165) is 22.8 Å². The molecule has 0 saturated heterocycles. The lowest BCUT2D eigenvalue weighted by Gasteiger charge is -2.05. The second-order valence-electron chi connectivity index (χ2n) is 3.48. The molecule has 0 spiro atoms. The summed E-state index contributed by atoms with van der Waals surface area (Å²) in [4.78, 5) is 11.1. The van der Waals surface area contributed by atoms with Crippen LogP contribution in [0.4, 0.5) is 0 Å². The van der Waals surface area contributed by atoms with E-state index in [0.29, 0.717) is 12.4 Å². The molecular weight excluding hydrogens is 202 g/mol. The van der Waals surface area contributed by atoms with E-state index in [-0.39, 0.29) is 0 Å². The van der Waals surface area contributed by atoms with Gasteiger partial charge in [-0.3, -0.25) is 4.79 Å². The maximum Gasteiger partial charge on any atom is 0.167 e. The molecule has 0 unspecified atom stereocenters. The Hall–Kier alpha value is -1.87. The SMILES string of the molecule is C=Cc1c(C=O)n(COC)c2ccccc12. The summed E-state index contributed by atoms with van der Waals surface area (Å²) in [5.74, 6) is 0. The van der Waals surface area contributed by atoms with Gasteiger partial charge in [0.15, 0.2) is 6.29 Å². The molecule has 0 bridgehead atoms. The van der Waals surface area contributed by atoms with E-state index in [1.54, 1.807) is 13.2 Å². The molecule has 3 nitrogen and oxygen atoms in total. The van der Waals surface area contributed by atoms with Gasteiger partial charge < -0.3 is 9.30 Å². The monoisotopic (exact) mass is 215 g/mol. The fourth-order valence-corrected chi connectivity index (χ4v) is 1.96. The van der Waals surface area contributed by atoms with Crippen LogP contribution in [0.15, 0.2) is 30.8 Å². The zero-order chi connectivity index (χ0) is 11.5. The van der Waals surface area contributed by atoms with Crippen LogP contribution in [0.25, 0.3) is 17.0 Å². The highest BCUT2D eigenvalue weighted by Crippen LogP contribution is 2.26. The van der Waals surface area contributed by atoms with Gasteiger partial charge in [-0.05, 0) is 6.07 Å². The van der Waals surface area contributed by atoms with Crippen molar-refractivity contribution in [3.05, 3.63) is 42.1 Å². The van der Waals surface area contributed by atoms with Crippen molar-refractivity contribution in [1.82, 2.24) is 4.57 Å². The highest BCUT2D eigenvalue weighted by molar-refractivity contribution is 5.98. The Morgan fingerprint density at radius 2 is 2.19 bits per heavy atom. The Morgan fingerprint density at radius 3 is 2.81 bits per heavy atom. The van der Waals surface area contributed by atoms with E-state index in [1.807, 2.05) is 28.8 Å². The topological polar surface area (TPSA) is 31.2 Å². The number of para-hydroxylation sites is 1. The van der Waals surface area contributed by atoms with Crippen molar-refractivity contribution >= 4 is 23.3 Å². The molecule has 0 amide bonds. The summed E-state index contributed by atoms with van der Waals surface area (Å²) >= 11 is 0. The molecule has 1 heterocycles. The molecule has 0 saturated carbocycles. The molecule has 2 rings (SSSR count). The van der Waals surface area contributed by atoms with Crippen LogP contribution < -0.4 is 0 Å². The van der Waals surface area contributed by atoms with Crippen LogP contribution in [0.5, 0.6) is 0 Å². The maximum atomic E-state index is 11.1. The zero-order valence-corrected chi connectivity index (χ0v) is 9.14. The molecular formula is C13H13NO2. The summed E-state index contributed by atoms with van der Waals surface area (Å²) in [5.41, 5.74) is 2.46. The van der Waals surface area contributed by atoms with Gasteiger partial charge in [0.05, 0.1) is 11.2 Å². The Labute approximate surface area is 93.9 Å². The first kappa shape index (κ1) is 10.6. The van der Waals surface area contributed by atoms with Gasteiger partial charge in [0.25, 0.3) is 0 Å². The predicted molar refractivity (Wildman–Crippen MR) is 64.4 cm³/mol. The van der Waals surface area contributed by atoms with E-state index in [1.165, 1.54) is 0 Å². The molecule has 3 heteroatoms. The number of carbonyl (C=O) groups excluding carboxylic acids is 1. The van der Waals surface area contributed by atoms with Crippen molar-refractivity contribution in [2.45, 2.75) is 6.73 Å². The van der Waals surface area contributed by atoms with Gasteiger partial charge in [-0.2, -0.15) is 0 Å². The number of nitrogens with zero attached hydrogens (tertiary/aromatic N) is 1. The lowest BCUT2D eigenvalue weighted by molar-refractivity contribution is 0.107. The van der Waals surface area contributed by atoms with Crippen LogP contribution in [0.1, 0.15) is 16.1 Å². The van der Waals surface area contributed by atoms with Crippen LogP contribution in [0.2, 0.25) is 0 Å². The van der Waals surface area contributed by atoms with Crippen molar-refractivity contribution in [2.75, 3.05) is 7.11 Å². The van der Waals surface area contributed by atoms with Crippen molar-refractivity contribution in [2.24, 2.45) is 0 Å². The average Bonchev–Trinajstić information content (AvgIpc) is 2.63. The van der Waals surface area contributed by atoms with Gasteiger partial charge >= 0.3 is 0 Å². The van der Waals surface area contributed by atoms with Crippen molar-refractivity contribution in [3.8, 4) is 0 Å². The molecule has 0 fully saturated rings. The molecule has 82 valence electrons. The minimum atomic E-state index is 0.364. The third-order valence-corrected chi connectivity index (χ3v) is 2.63. The van der Waals surface area contributed by atoms with Crippen LogP contribution in [0.3, 0.4) is 0 Å². The molecule has 1 aromatic heterocycles. The quantitative estimate of drug-likeness (QED) is 0.734. The van der Waals surface area contributed by atoms with Crippen LogP contribution in [-0.2, 0) is 11.5 Å². The lowest BCUT2D eigenvalue weighted by Crippen LogP contribution is -2.04. The number of carbonyl (C=O) groups is 1. The minimum absolute atomic E-state index is 0.364. The summed E-state index contributed by atoms with van der Waals surface area (Å²) in [5, 5.41) is 1.02.